The van der Waals surface area contributed by atoms with E-state index in [2.05, 4.69) is 20.4 Å². The van der Waals surface area contributed by atoms with Crippen molar-refractivity contribution in [3.63, 3.8) is 0 Å². The number of nitrogens with two attached hydrogens (primary N) is 1. The first kappa shape index (κ1) is 27.4. The number of carbonyl (C=O) groups excluding carboxylic acids is 2. The lowest BCUT2D eigenvalue weighted by Crippen LogP contribution is -2.37. The van der Waals surface area contributed by atoms with Crippen molar-refractivity contribution >= 4 is 51.1 Å². The largest absolute Gasteiger partial charge is 0.478 e. The van der Waals surface area contributed by atoms with Crippen molar-refractivity contribution in [2.45, 2.75) is 12.3 Å². The molecule has 0 aliphatic heterocycles. The van der Waals surface area contributed by atoms with E-state index in [1.54, 1.807) is 14.1 Å². The van der Waals surface area contributed by atoms with Crippen LogP contribution < -0.4 is 16.4 Å². The summed E-state index contributed by atoms with van der Waals surface area (Å²) in [6, 6.07) is 1.74. The number of carboxylic acid groups (broad SMARTS) is 1. The number of primary amides is 1. The Hall–Kier alpha value is -4.64. The number of hydrogen-bond donors (Lipinski definition) is 4. The van der Waals surface area contributed by atoms with Gasteiger partial charge < -0.3 is 16.2 Å². The summed E-state index contributed by atoms with van der Waals surface area (Å²) in [5.41, 5.74) is 3.62. The molecule has 0 bridgehead atoms. The van der Waals surface area contributed by atoms with Gasteiger partial charge in [0, 0.05) is 6.20 Å². The molecular weight excluding hydrogens is 548 g/mol. The average molecular weight is 566 g/mol. The van der Waals surface area contributed by atoms with E-state index >= 15 is 0 Å². The Balaban J connectivity index is 1.64. The number of nitrogens with zero attached hydrogens (tertiary/aromatic N) is 5. The van der Waals surface area contributed by atoms with Gasteiger partial charge in [0.1, 0.15) is 5.82 Å². The van der Waals surface area contributed by atoms with E-state index in [1.165, 1.54) is 28.0 Å². The minimum absolute atomic E-state index is 0.0445. The normalized spacial score (nSPS) is 12.5. The summed E-state index contributed by atoms with van der Waals surface area (Å²) in [6.45, 7) is 0. The highest BCUT2D eigenvalue weighted by atomic mass is 32.1. The van der Waals surface area contributed by atoms with Crippen LogP contribution in [0.1, 0.15) is 22.1 Å². The Labute approximate surface area is 220 Å². The molecule has 204 valence electrons. The number of likely N-dealkylation sites (N-methyl/N-ethyl adjacent to an activating group) is 1. The minimum Gasteiger partial charge on any atom is -0.478 e. The second kappa shape index (κ2) is 10.3. The van der Waals surface area contributed by atoms with Gasteiger partial charge in [-0.2, -0.15) is 18.3 Å². The Morgan fingerprint density at radius 3 is 2.49 bits per heavy atom. The summed E-state index contributed by atoms with van der Waals surface area (Å²) < 4.78 is 53.9. The molecule has 3 amide bonds. The van der Waals surface area contributed by atoms with Crippen LogP contribution in [0.4, 0.5) is 33.2 Å². The third kappa shape index (κ3) is 5.63. The molecule has 4 aromatic rings. The fraction of sp³-hybridized carbons (Fsp3) is 0.182. The predicted octanol–water partition coefficient (Wildman–Crippen LogP) is 3.60. The third-order valence-corrected chi connectivity index (χ3v) is 6.23. The molecule has 0 saturated heterocycles. The fourth-order valence-electron chi connectivity index (χ4n) is 3.59. The van der Waals surface area contributed by atoms with Crippen LogP contribution in [-0.2, 0) is 11.0 Å². The Kier molecular flexibility index (Phi) is 7.21. The molecule has 0 radical (unpaired) electrons. The summed E-state index contributed by atoms with van der Waals surface area (Å²) in [6.07, 6.45) is -3.31. The molecule has 12 nitrogen and oxygen atoms in total. The topological polar surface area (TPSA) is 168 Å². The number of anilines is 2. The number of hydrogen-bond acceptors (Lipinski definition) is 8. The number of aromatic carboxylic acids is 1. The van der Waals surface area contributed by atoms with Crippen LogP contribution in [0.3, 0.4) is 0 Å². The molecule has 0 aliphatic rings. The zero-order valence-electron chi connectivity index (χ0n) is 19.9. The number of carbonyl (C=O) groups is 3. The first-order valence-corrected chi connectivity index (χ1v) is 11.6. The molecule has 3 heterocycles. The van der Waals surface area contributed by atoms with E-state index in [-0.39, 0.29) is 32.3 Å². The van der Waals surface area contributed by atoms with Gasteiger partial charge >= 0.3 is 18.2 Å². The Morgan fingerprint density at radius 1 is 1.15 bits per heavy atom. The molecule has 1 unspecified atom stereocenters. The zero-order chi connectivity index (χ0) is 28.6. The Bertz CT molecular complexity index is 1600. The first-order valence-electron chi connectivity index (χ1n) is 10.7. The van der Waals surface area contributed by atoms with Gasteiger partial charge in [-0.1, -0.05) is 11.3 Å². The average Bonchev–Trinajstić information content (AvgIpc) is 3.46. The van der Waals surface area contributed by atoms with Gasteiger partial charge in [-0.25, -0.2) is 28.6 Å². The summed E-state index contributed by atoms with van der Waals surface area (Å²) >= 11 is 0.851. The predicted molar refractivity (Wildman–Crippen MR) is 132 cm³/mol. The second-order valence-corrected chi connectivity index (χ2v) is 9.26. The lowest BCUT2D eigenvalue weighted by molar-refractivity contribution is -0.137. The summed E-state index contributed by atoms with van der Waals surface area (Å²) in [5, 5.41) is 18.2. The van der Waals surface area contributed by atoms with E-state index in [9.17, 15) is 37.1 Å². The molecule has 5 N–H and O–H groups in total. The molecule has 3 aromatic heterocycles. The number of benzene rings is 1. The molecule has 4 rings (SSSR count). The van der Waals surface area contributed by atoms with Crippen molar-refractivity contribution in [2.75, 3.05) is 24.7 Å². The number of rotatable bonds is 7. The molecule has 1 aromatic carbocycles. The number of urea groups is 1. The van der Waals surface area contributed by atoms with Crippen molar-refractivity contribution in [3.05, 3.63) is 53.6 Å². The number of aromatic nitrogens is 4. The second-order valence-electron chi connectivity index (χ2n) is 8.23. The fourth-order valence-corrected chi connectivity index (χ4v) is 4.36. The van der Waals surface area contributed by atoms with Crippen LogP contribution >= 0.6 is 11.3 Å². The van der Waals surface area contributed by atoms with Gasteiger partial charge in [-0.3, -0.25) is 15.0 Å². The number of carboxylic acids is 1. The van der Waals surface area contributed by atoms with Gasteiger partial charge in [0.2, 0.25) is 0 Å². The van der Waals surface area contributed by atoms with Crippen LogP contribution in [0.15, 0.2) is 36.7 Å². The quantitative estimate of drug-likeness (QED) is 0.246. The van der Waals surface area contributed by atoms with Gasteiger partial charge in [0.05, 0.1) is 39.0 Å². The monoisotopic (exact) mass is 566 g/mol. The molecular formula is C22H18F4N8O4S. The molecule has 39 heavy (non-hydrogen) atoms. The maximum absolute atomic E-state index is 14.0. The van der Waals surface area contributed by atoms with Gasteiger partial charge in [-0.15, -0.1) is 0 Å². The summed E-state index contributed by atoms with van der Waals surface area (Å²) in [5.74, 6) is -3.14. The molecule has 0 fully saturated rings. The lowest BCUT2D eigenvalue weighted by atomic mass is 10.1. The number of pyridine rings is 1. The first-order chi connectivity index (χ1) is 18.3. The van der Waals surface area contributed by atoms with E-state index in [1.807, 2.05) is 5.32 Å². The van der Waals surface area contributed by atoms with Crippen LogP contribution in [0.5, 0.6) is 0 Å². The van der Waals surface area contributed by atoms with Crippen molar-refractivity contribution in [3.8, 4) is 10.6 Å². The van der Waals surface area contributed by atoms with Crippen molar-refractivity contribution in [1.29, 1.82) is 0 Å². The van der Waals surface area contributed by atoms with E-state index < -0.39 is 47.3 Å². The van der Waals surface area contributed by atoms with Crippen molar-refractivity contribution < 1.29 is 37.1 Å². The molecule has 0 aliphatic carbocycles. The van der Waals surface area contributed by atoms with Crippen LogP contribution in [0.2, 0.25) is 0 Å². The smallest absolute Gasteiger partial charge is 0.416 e. The highest BCUT2D eigenvalue weighted by Crippen LogP contribution is 2.33. The van der Waals surface area contributed by atoms with Crippen molar-refractivity contribution in [2.24, 2.45) is 5.73 Å². The lowest BCUT2D eigenvalue weighted by Gasteiger charge is -2.21. The van der Waals surface area contributed by atoms with Crippen LogP contribution in [0, 0.1) is 5.82 Å². The van der Waals surface area contributed by atoms with Crippen molar-refractivity contribution in [1.82, 2.24) is 24.6 Å². The van der Waals surface area contributed by atoms with Gasteiger partial charge in [0.15, 0.2) is 16.9 Å². The standard InChI is InChI=1S/C22H18F4N8O4S/c1-33(2)18(16(27)35)34-17-11(7-29-34)10(19(36)37)6-14(30-17)15-8-28-21(39-15)32-20(38)31-13-5-9(22(24,25)26)3-4-12(13)23/h3-8,18H,1-2H3,(H2,27,35)(H,36,37)(H2,28,31,32,38). The number of fused-ring (bicyclic) bond motifs is 1. The molecule has 1 atom stereocenters. The Morgan fingerprint density at radius 2 is 1.87 bits per heavy atom. The van der Waals surface area contributed by atoms with Crippen LogP contribution in [-0.4, -0.2) is 61.8 Å². The summed E-state index contributed by atoms with van der Waals surface area (Å²) in [4.78, 5) is 46.4. The zero-order valence-corrected chi connectivity index (χ0v) is 20.8. The van der Waals surface area contributed by atoms with Gasteiger partial charge in [-0.05, 0) is 38.4 Å². The number of thiazole rings is 1. The molecule has 0 saturated carbocycles. The highest BCUT2D eigenvalue weighted by Gasteiger charge is 2.31. The maximum Gasteiger partial charge on any atom is 0.416 e. The van der Waals surface area contributed by atoms with Crippen LogP contribution in [0.25, 0.3) is 21.6 Å². The highest BCUT2D eigenvalue weighted by molar-refractivity contribution is 7.19. The van der Waals surface area contributed by atoms with E-state index in [0.29, 0.717) is 18.2 Å². The SMILES string of the molecule is CN(C)C(C(N)=O)n1ncc2c(C(=O)O)cc(-c3cnc(NC(=O)Nc4cc(C(F)(F)F)ccc4F)s3)nc21. The van der Waals surface area contributed by atoms with Gasteiger partial charge in [0.25, 0.3) is 5.91 Å². The molecule has 0 spiro atoms. The van der Waals surface area contributed by atoms with E-state index in [0.717, 1.165) is 11.3 Å². The number of amides is 3. The molecule has 17 heteroatoms. The number of halogens is 4. The minimum atomic E-state index is -4.74. The number of nitrogens with one attached hydrogen (secondary N) is 2. The summed E-state index contributed by atoms with van der Waals surface area (Å²) in [7, 11) is 3.14. The van der Waals surface area contributed by atoms with E-state index in [4.69, 9.17) is 5.73 Å². The third-order valence-electron chi connectivity index (χ3n) is 5.29. The maximum atomic E-state index is 14.0. The number of alkyl halides is 3.